The average Bonchev–Trinajstić information content (AvgIpc) is 2.76. The van der Waals surface area contributed by atoms with Crippen LogP contribution in [-0.4, -0.2) is 26.8 Å². The highest BCUT2D eigenvalue weighted by Gasteiger charge is 2.33. The molecule has 1 aromatic carbocycles. The minimum absolute atomic E-state index is 0.00974. The van der Waals surface area contributed by atoms with Gasteiger partial charge in [0.2, 0.25) is 0 Å². The van der Waals surface area contributed by atoms with Crippen LogP contribution in [0.2, 0.25) is 0 Å². The number of fused-ring (bicyclic) bond motifs is 1. The number of thiazole rings is 1. The van der Waals surface area contributed by atoms with Gasteiger partial charge in [0.1, 0.15) is 16.0 Å². The van der Waals surface area contributed by atoms with Crippen molar-refractivity contribution in [3.8, 4) is 5.75 Å². The van der Waals surface area contributed by atoms with Crippen LogP contribution in [0.25, 0.3) is 10.2 Å². The topological polar surface area (TPSA) is 79.7 Å². The highest BCUT2D eigenvalue weighted by Crippen LogP contribution is 2.43. The first-order valence-corrected chi connectivity index (χ1v) is 8.01. The van der Waals surface area contributed by atoms with Crippen LogP contribution in [0.1, 0.15) is 38.0 Å². The number of nitrogens with zero attached hydrogens (tertiary/aromatic N) is 1. The maximum atomic E-state index is 14.5. The smallest absolute Gasteiger partial charge is 0.337 e. The molecule has 0 fully saturated rings. The maximum absolute atomic E-state index is 14.5. The molecule has 0 aliphatic carbocycles. The number of hydrogen-bond acceptors (Lipinski definition) is 5. The molecule has 0 spiro atoms. The molecular weight excluding hydrogens is 377 g/mol. The van der Waals surface area contributed by atoms with Gasteiger partial charge in [-0.15, -0.1) is 11.3 Å². The lowest BCUT2D eigenvalue weighted by atomic mass is 9.99. The van der Waals surface area contributed by atoms with Gasteiger partial charge in [0.05, 0.1) is 5.60 Å². The first kappa shape index (κ1) is 17.1. The quantitative estimate of drug-likeness (QED) is 0.820. The third-order valence-electron chi connectivity index (χ3n) is 2.97. The second kappa shape index (κ2) is 5.75. The fourth-order valence-electron chi connectivity index (χ4n) is 2.11. The SMILES string of the molecule is Cc1c(C(OC(C)(C)C)C(=O)O)c(O)c2sc(Br)nc2c1F. The fraction of sp³-hybridized carbons (Fsp3) is 0.429. The van der Waals surface area contributed by atoms with Gasteiger partial charge in [0.25, 0.3) is 0 Å². The Morgan fingerprint density at radius 3 is 2.55 bits per heavy atom. The van der Waals surface area contributed by atoms with Gasteiger partial charge >= 0.3 is 5.97 Å². The molecule has 5 nitrogen and oxygen atoms in total. The van der Waals surface area contributed by atoms with E-state index in [0.29, 0.717) is 3.92 Å². The van der Waals surface area contributed by atoms with Gasteiger partial charge in [-0.05, 0) is 49.2 Å². The van der Waals surface area contributed by atoms with Crippen molar-refractivity contribution < 1.29 is 24.1 Å². The Hall–Kier alpha value is -1.25. The van der Waals surface area contributed by atoms with Gasteiger partial charge in [-0.25, -0.2) is 14.2 Å². The Kier molecular flexibility index (Phi) is 4.47. The number of aromatic hydroxyl groups is 1. The zero-order valence-corrected chi connectivity index (χ0v) is 14.8. The summed E-state index contributed by atoms with van der Waals surface area (Å²) in [4.78, 5) is 15.5. The number of rotatable bonds is 3. The molecule has 8 heteroatoms. The molecule has 0 radical (unpaired) electrons. The number of benzene rings is 1. The van der Waals surface area contributed by atoms with Gasteiger partial charge in [0, 0.05) is 5.56 Å². The molecule has 2 rings (SSSR count). The van der Waals surface area contributed by atoms with E-state index in [1.165, 1.54) is 6.92 Å². The number of halogens is 2. The number of aromatic nitrogens is 1. The van der Waals surface area contributed by atoms with E-state index in [4.69, 9.17) is 4.74 Å². The summed E-state index contributed by atoms with van der Waals surface area (Å²) in [5.74, 6) is -2.27. The number of phenols is 1. The van der Waals surface area contributed by atoms with Crippen molar-refractivity contribution >= 4 is 43.5 Å². The normalized spacial score (nSPS) is 13.5. The second-order valence-electron chi connectivity index (χ2n) is 5.79. The van der Waals surface area contributed by atoms with Crippen LogP contribution in [0.5, 0.6) is 5.75 Å². The molecule has 2 N–H and O–H groups in total. The van der Waals surface area contributed by atoms with Gasteiger partial charge in [-0.2, -0.15) is 0 Å². The molecular formula is C14H15BrFNO4S. The number of carboxylic acid groups (broad SMARTS) is 1. The third kappa shape index (κ3) is 3.09. The summed E-state index contributed by atoms with van der Waals surface area (Å²) in [5, 5.41) is 19.9. The van der Waals surface area contributed by atoms with E-state index in [2.05, 4.69) is 20.9 Å². The number of carbonyl (C=O) groups is 1. The lowest BCUT2D eigenvalue weighted by Gasteiger charge is -2.26. The Morgan fingerprint density at radius 1 is 1.45 bits per heavy atom. The largest absolute Gasteiger partial charge is 0.506 e. The Labute approximate surface area is 138 Å². The molecule has 0 amide bonds. The van der Waals surface area contributed by atoms with E-state index < -0.39 is 23.5 Å². The van der Waals surface area contributed by atoms with Gasteiger partial charge in [0.15, 0.2) is 15.8 Å². The molecule has 0 saturated carbocycles. The average molecular weight is 392 g/mol. The van der Waals surface area contributed by atoms with Crippen LogP contribution in [0, 0.1) is 12.7 Å². The highest BCUT2D eigenvalue weighted by molar-refractivity contribution is 9.11. The van der Waals surface area contributed by atoms with Crippen LogP contribution < -0.4 is 0 Å². The highest BCUT2D eigenvalue weighted by atomic mass is 79.9. The van der Waals surface area contributed by atoms with Crippen molar-refractivity contribution in [1.29, 1.82) is 0 Å². The summed E-state index contributed by atoms with van der Waals surface area (Å²) in [6, 6.07) is 0. The molecule has 1 unspecified atom stereocenters. The first-order valence-electron chi connectivity index (χ1n) is 6.40. The minimum atomic E-state index is -1.47. The first-order chi connectivity index (χ1) is 10.0. The number of ether oxygens (including phenoxy) is 1. The van der Waals surface area contributed by atoms with Crippen LogP contribution in [0.15, 0.2) is 3.92 Å². The zero-order chi connectivity index (χ0) is 16.8. The molecule has 120 valence electrons. The summed E-state index contributed by atoms with van der Waals surface area (Å²) in [6.45, 7) is 6.47. The van der Waals surface area contributed by atoms with Crippen molar-refractivity contribution in [1.82, 2.24) is 4.98 Å². The predicted octanol–water partition coefficient (Wildman–Crippen LogP) is 4.15. The number of aliphatic carboxylic acids is 1. The zero-order valence-electron chi connectivity index (χ0n) is 12.4. The van der Waals surface area contributed by atoms with Crippen molar-refractivity contribution in [2.24, 2.45) is 0 Å². The fourth-order valence-corrected chi connectivity index (χ4v) is 3.51. The molecule has 0 bridgehead atoms. The van der Waals surface area contributed by atoms with E-state index in [0.717, 1.165) is 11.3 Å². The summed E-state index contributed by atoms with van der Waals surface area (Å²) < 4.78 is 20.6. The number of phenolic OH excluding ortho intramolecular Hbond substituents is 1. The third-order valence-corrected chi connectivity index (χ3v) is 4.48. The van der Waals surface area contributed by atoms with Gasteiger partial charge < -0.3 is 14.9 Å². The summed E-state index contributed by atoms with van der Waals surface area (Å²) in [6.07, 6.45) is -1.47. The minimum Gasteiger partial charge on any atom is -0.506 e. The molecule has 0 aliphatic rings. The summed E-state index contributed by atoms with van der Waals surface area (Å²) in [7, 11) is 0. The van der Waals surface area contributed by atoms with Crippen molar-refractivity contribution in [2.75, 3.05) is 0 Å². The number of hydrogen-bond donors (Lipinski definition) is 2. The van der Waals surface area contributed by atoms with E-state index in [1.54, 1.807) is 20.8 Å². The van der Waals surface area contributed by atoms with Crippen molar-refractivity contribution in [2.45, 2.75) is 39.4 Å². The second-order valence-corrected chi connectivity index (χ2v) is 8.07. The maximum Gasteiger partial charge on any atom is 0.337 e. The van der Waals surface area contributed by atoms with Crippen LogP contribution in [0.3, 0.4) is 0 Å². The lowest BCUT2D eigenvalue weighted by Crippen LogP contribution is -2.28. The number of carboxylic acids is 1. The molecule has 1 atom stereocenters. The molecule has 0 saturated heterocycles. The Morgan fingerprint density at radius 2 is 2.05 bits per heavy atom. The van der Waals surface area contributed by atoms with Crippen LogP contribution in [0.4, 0.5) is 4.39 Å². The standard InChI is InChI=1S/C14H15BrFNO4S/c1-5-6(10(12(19)20)21-14(2,3)4)9(18)11-8(7(5)16)17-13(15)22-11/h10,18H,1-4H3,(H,19,20). The predicted molar refractivity (Wildman–Crippen MR) is 84.9 cm³/mol. The van der Waals surface area contributed by atoms with Crippen LogP contribution in [-0.2, 0) is 9.53 Å². The Bertz CT molecular complexity index is 754. The summed E-state index contributed by atoms with van der Waals surface area (Å²) in [5.41, 5.74) is -0.833. The molecule has 0 aliphatic heterocycles. The molecule has 1 heterocycles. The van der Waals surface area contributed by atoms with E-state index in [9.17, 15) is 19.4 Å². The lowest BCUT2D eigenvalue weighted by molar-refractivity contribution is -0.160. The summed E-state index contributed by atoms with van der Waals surface area (Å²) >= 11 is 4.17. The monoisotopic (exact) mass is 391 g/mol. The van der Waals surface area contributed by atoms with Crippen molar-refractivity contribution in [3.63, 3.8) is 0 Å². The van der Waals surface area contributed by atoms with E-state index in [1.807, 2.05) is 0 Å². The van der Waals surface area contributed by atoms with Gasteiger partial charge in [-0.1, -0.05) is 0 Å². The van der Waals surface area contributed by atoms with E-state index >= 15 is 0 Å². The molecule has 22 heavy (non-hydrogen) atoms. The molecule has 2 aromatic rings. The van der Waals surface area contributed by atoms with Gasteiger partial charge in [-0.3, -0.25) is 0 Å². The molecule has 1 aromatic heterocycles. The Balaban J connectivity index is 2.74. The van der Waals surface area contributed by atoms with Crippen LogP contribution >= 0.6 is 27.3 Å². The van der Waals surface area contributed by atoms with E-state index in [-0.39, 0.29) is 27.1 Å². The van der Waals surface area contributed by atoms with Crippen molar-refractivity contribution in [3.05, 3.63) is 20.9 Å².